The molecule has 0 saturated carbocycles. The summed E-state index contributed by atoms with van der Waals surface area (Å²) in [7, 11) is 0. The van der Waals surface area contributed by atoms with E-state index in [9.17, 15) is 14.0 Å². The first-order chi connectivity index (χ1) is 14.0. The fraction of sp³-hybridized carbons (Fsp3) is 0. The molecule has 5 rings (SSSR count). The predicted molar refractivity (Wildman–Crippen MR) is 107 cm³/mol. The van der Waals surface area contributed by atoms with Crippen LogP contribution in [0.25, 0.3) is 22.3 Å². The highest BCUT2D eigenvalue weighted by Crippen LogP contribution is 2.39. The van der Waals surface area contributed by atoms with Gasteiger partial charge in [-0.1, -0.05) is 23.2 Å². The Morgan fingerprint density at radius 2 is 1.76 bits per heavy atom. The topological polar surface area (TPSA) is 79.0 Å². The van der Waals surface area contributed by atoms with Crippen LogP contribution in [0.1, 0.15) is 20.7 Å². The number of pyridine rings is 1. The molecule has 0 radical (unpaired) electrons. The number of H-pyrrole nitrogens is 1. The zero-order chi connectivity index (χ0) is 20.3. The van der Waals surface area contributed by atoms with Crippen LogP contribution in [-0.4, -0.2) is 27.0 Å². The Balaban J connectivity index is 1.73. The smallest absolute Gasteiger partial charge is 0.267 e. The maximum absolute atomic E-state index is 13.3. The van der Waals surface area contributed by atoms with Gasteiger partial charge in [-0.25, -0.2) is 14.3 Å². The number of nitrogens with zero attached hydrogens (tertiary/aromatic N) is 3. The van der Waals surface area contributed by atoms with Gasteiger partial charge in [-0.15, -0.1) is 0 Å². The Labute approximate surface area is 172 Å². The van der Waals surface area contributed by atoms with Gasteiger partial charge in [-0.2, -0.15) is 5.10 Å². The average molecular weight is 427 g/mol. The molecule has 0 aliphatic carbocycles. The molecule has 1 aliphatic rings. The van der Waals surface area contributed by atoms with E-state index in [1.54, 1.807) is 18.2 Å². The molecule has 29 heavy (non-hydrogen) atoms. The summed E-state index contributed by atoms with van der Waals surface area (Å²) in [5.74, 6) is -1.49. The number of fused-ring (bicyclic) bond motifs is 3. The zero-order valence-corrected chi connectivity index (χ0v) is 15.9. The van der Waals surface area contributed by atoms with Crippen LogP contribution >= 0.6 is 23.2 Å². The summed E-state index contributed by atoms with van der Waals surface area (Å²) in [6.07, 6.45) is 1.32. The van der Waals surface area contributed by atoms with E-state index in [4.69, 9.17) is 23.2 Å². The summed E-state index contributed by atoms with van der Waals surface area (Å²) in [6, 6.07) is 10.2. The predicted octanol–water partition coefficient (Wildman–Crippen LogP) is 4.87. The van der Waals surface area contributed by atoms with Crippen molar-refractivity contribution in [2.45, 2.75) is 0 Å². The van der Waals surface area contributed by atoms with Crippen molar-refractivity contribution >= 4 is 51.7 Å². The van der Waals surface area contributed by atoms with Gasteiger partial charge in [0, 0.05) is 16.8 Å². The molecule has 0 spiro atoms. The highest BCUT2D eigenvalue weighted by atomic mass is 35.5. The standard InChI is InChI=1S/C20H9Cl2FN4O2/c21-10-3-6-14(13(22)7-10)27-19(28)12-8-24-18-16(15(12)20(27)29)17(25-26-18)9-1-4-11(23)5-2-9/h1-8H,(H,24,25,26). The van der Waals surface area contributed by atoms with Gasteiger partial charge in [0.05, 0.1) is 32.9 Å². The SMILES string of the molecule is O=C1c2cnc3n[nH]c(-c4ccc(F)cc4)c3c2C(=O)N1c1ccc(Cl)cc1Cl. The van der Waals surface area contributed by atoms with Crippen LogP contribution in [0, 0.1) is 5.82 Å². The number of benzene rings is 2. The number of halogens is 3. The Morgan fingerprint density at radius 1 is 1.00 bits per heavy atom. The number of carbonyl (C=O) groups excluding carboxylic acids is 2. The number of aromatic nitrogens is 3. The van der Waals surface area contributed by atoms with Crippen LogP contribution in [-0.2, 0) is 0 Å². The van der Waals surface area contributed by atoms with Gasteiger partial charge in [0.25, 0.3) is 11.8 Å². The Morgan fingerprint density at radius 3 is 2.48 bits per heavy atom. The van der Waals surface area contributed by atoms with E-state index in [1.165, 1.54) is 30.5 Å². The van der Waals surface area contributed by atoms with Gasteiger partial charge < -0.3 is 0 Å². The number of aromatic amines is 1. The summed E-state index contributed by atoms with van der Waals surface area (Å²) >= 11 is 12.1. The third-order valence-electron chi connectivity index (χ3n) is 4.72. The molecular weight excluding hydrogens is 418 g/mol. The largest absolute Gasteiger partial charge is 0.275 e. The molecule has 2 amide bonds. The number of carbonyl (C=O) groups is 2. The molecule has 1 N–H and O–H groups in total. The van der Waals surface area contributed by atoms with E-state index in [-0.39, 0.29) is 27.5 Å². The van der Waals surface area contributed by atoms with Crippen molar-refractivity contribution in [2.75, 3.05) is 4.90 Å². The van der Waals surface area contributed by atoms with E-state index in [0.29, 0.717) is 21.7 Å². The zero-order valence-electron chi connectivity index (χ0n) is 14.4. The highest BCUT2D eigenvalue weighted by molar-refractivity contribution is 6.42. The Hall–Kier alpha value is -3.29. The number of imide groups is 1. The molecule has 0 fully saturated rings. The van der Waals surface area contributed by atoms with Crippen LogP contribution in [0.15, 0.2) is 48.7 Å². The second kappa shape index (κ2) is 6.37. The third kappa shape index (κ3) is 2.62. The van der Waals surface area contributed by atoms with E-state index in [0.717, 1.165) is 4.90 Å². The van der Waals surface area contributed by atoms with Crippen molar-refractivity contribution in [3.8, 4) is 11.3 Å². The Kier molecular flexibility index (Phi) is 3.90. The average Bonchev–Trinajstić information content (AvgIpc) is 3.23. The molecule has 4 aromatic rings. The summed E-state index contributed by atoms with van der Waals surface area (Å²) in [5.41, 5.74) is 1.87. The molecule has 0 unspecified atom stereocenters. The molecule has 2 aromatic heterocycles. The lowest BCUT2D eigenvalue weighted by Gasteiger charge is -2.15. The van der Waals surface area contributed by atoms with Gasteiger partial charge in [-0.3, -0.25) is 14.7 Å². The van der Waals surface area contributed by atoms with Crippen molar-refractivity contribution < 1.29 is 14.0 Å². The van der Waals surface area contributed by atoms with Gasteiger partial charge in [0.15, 0.2) is 5.65 Å². The van der Waals surface area contributed by atoms with Crippen LogP contribution < -0.4 is 4.90 Å². The fourth-order valence-electron chi connectivity index (χ4n) is 3.40. The molecule has 0 atom stereocenters. The molecule has 9 heteroatoms. The molecular formula is C20H9Cl2FN4O2. The van der Waals surface area contributed by atoms with Gasteiger partial charge in [-0.05, 0) is 42.5 Å². The molecule has 6 nitrogen and oxygen atoms in total. The van der Waals surface area contributed by atoms with Crippen molar-refractivity contribution in [3.63, 3.8) is 0 Å². The molecule has 0 bridgehead atoms. The number of anilines is 1. The second-order valence-electron chi connectivity index (χ2n) is 6.39. The lowest BCUT2D eigenvalue weighted by molar-refractivity contribution is 0.0926. The minimum atomic E-state index is -0.550. The minimum Gasteiger partial charge on any atom is -0.275 e. The van der Waals surface area contributed by atoms with Crippen molar-refractivity contribution in [1.29, 1.82) is 0 Å². The minimum absolute atomic E-state index is 0.137. The van der Waals surface area contributed by atoms with E-state index >= 15 is 0 Å². The lowest BCUT2D eigenvalue weighted by atomic mass is 10.0. The number of amides is 2. The quantitative estimate of drug-likeness (QED) is 0.463. The summed E-state index contributed by atoms with van der Waals surface area (Å²) in [6.45, 7) is 0. The number of rotatable bonds is 2. The Bertz CT molecular complexity index is 1330. The van der Waals surface area contributed by atoms with Crippen LogP contribution in [0.4, 0.5) is 10.1 Å². The first kappa shape index (κ1) is 17.8. The van der Waals surface area contributed by atoms with Crippen LogP contribution in [0.3, 0.4) is 0 Å². The lowest BCUT2D eigenvalue weighted by Crippen LogP contribution is -2.29. The normalized spacial score (nSPS) is 13.4. The maximum Gasteiger partial charge on any atom is 0.267 e. The number of hydrogen-bond donors (Lipinski definition) is 1. The summed E-state index contributed by atoms with van der Waals surface area (Å²) < 4.78 is 13.3. The number of hydrogen-bond acceptors (Lipinski definition) is 4. The molecule has 0 saturated heterocycles. The monoisotopic (exact) mass is 426 g/mol. The second-order valence-corrected chi connectivity index (χ2v) is 7.24. The van der Waals surface area contributed by atoms with E-state index in [1.807, 2.05) is 0 Å². The van der Waals surface area contributed by atoms with Crippen molar-refractivity contribution in [3.05, 3.63) is 75.7 Å². The fourth-order valence-corrected chi connectivity index (χ4v) is 3.90. The van der Waals surface area contributed by atoms with Gasteiger partial charge in [0.2, 0.25) is 0 Å². The maximum atomic E-state index is 13.3. The first-order valence-corrected chi connectivity index (χ1v) is 9.18. The highest BCUT2D eigenvalue weighted by Gasteiger charge is 2.40. The summed E-state index contributed by atoms with van der Waals surface area (Å²) in [5, 5.41) is 7.89. The molecule has 142 valence electrons. The van der Waals surface area contributed by atoms with Crippen LogP contribution in [0.5, 0.6) is 0 Å². The third-order valence-corrected chi connectivity index (χ3v) is 5.25. The van der Waals surface area contributed by atoms with Gasteiger partial charge >= 0.3 is 0 Å². The summed E-state index contributed by atoms with van der Waals surface area (Å²) in [4.78, 5) is 31.5. The number of nitrogens with one attached hydrogen (secondary N) is 1. The van der Waals surface area contributed by atoms with Crippen LogP contribution in [0.2, 0.25) is 10.0 Å². The van der Waals surface area contributed by atoms with E-state index < -0.39 is 17.6 Å². The van der Waals surface area contributed by atoms with Crippen molar-refractivity contribution in [1.82, 2.24) is 15.2 Å². The van der Waals surface area contributed by atoms with E-state index in [2.05, 4.69) is 15.2 Å². The molecule has 3 heterocycles. The molecule has 2 aromatic carbocycles. The van der Waals surface area contributed by atoms with Crippen molar-refractivity contribution in [2.24, 2.45) is 0 Å². The molecule has 1 aliphatic heterocycles. The first-order valence-electron chi connectivity index (χ1n) is 8.42. The van der Waals surface area contributed by atoms with Gasteiger partial charge in [0.1, 0.15) is 5.82 Å².